The van der Waals surface area contributed by atoms with Gasteiger partial charge in [-0.1, -0.05) is 30.3 Å². The van der Waals surface area contributed by atoms with Gasteiger partial charge in [0.25, 0.3) is 0 Å². The molecule has 0 fully saturated rings. The van der Waals surface area contributed by atoms with E-state index < -0.39 is 11.7 Å². The van der Waals surface area contributed by atoms with Crippen molar-refractivity contribution in [3.63, 3.8) is 0 Å². The zero-order valence-corrected chi connectivity index (χ0v) is 19.3. The lowest BCUT2D eigenvalue weighted by atomic mass is 10.2. The van der Waals surface area contributed by atoms with Gasteiger partial charge in [0.05, 0.1) is 16.7 Å². The number of aliphatic imine (C=N–C) groups is 1. The number of benzene rings is 2. The fraction of sp³-hybridized carbons (Fsp3) is 0.208. The number of rotatable bonds is 4. The van der Waals surface area contributed by atoms with Crippen molar-refractivity contribution in [1.29, 1.82) is 0 Å². The Balaban J connectivity index is 2.11. The molecule has 3 rings (SSSR count). The first kappa shape index (κ1) is 23.1. The monoisotopic (exact) mass is 451 g/mol. The fourth-order valence-electron chi connectivity index (χ4n) is 3.08. The maximum Gasteiger partial charge on any atom is 0.420 e. The number of halogens is 1. The molecule has 7 nitrogen and oxygen atoms in total. The molecule has 2 aromatic carbocycles. The molecule has 0 aliphatic heterocycles. The molecule has 166 valence electrons. The third kappa shape index (κ3) is 5.00. The molecule has 0 saturated heterocycles. The zero-order chi connectivity index (χ0) is 23.5. The molecule has 3 aromatic rings. The van der Waals surface area contributed by atoms with E-state index in [1.165, 1.54) is 17.2 Å². The Morgan fingerprint density at radius 1 is 1.22 bits per heavy atom. The van der Waals surface area contributed by atoms with Gasteiger partial charge in [-0.15, -0.1) is 0 Å². The number of aromatic nitrogens is 2. The second-order valence-corrected chi connectivity index (χ2v) is 8.44. The number of carbonyl (C=O) groups excluding carboxylic acids is 1. The summed E-state index contributed by atoms with van der Waals surface area (Å²) >= 11 is 6.04. The van der Waals surface area contributed by atoms with Gasteiger partial charge >= 0.3 is 6.09 Å². The van der Waals surface area contributed by atoms with Crippen molar-refractivity contribution in [2.24, 2.45) is 17.8 Å². The average Bonchev–Trinajstić information content (AvgIpc) is 3.07. The summed E-state index contributed by atoms with van der Waals surface area (Å²) in [6.45, 7) is 9.22. The van der Waals surface area contributed by atoms with Gasteiger partial charge in [0.2, 0.25) is 0 Å². The third-order valence-corrected chi connectivity index (χ3v) is 4.73. The Labute approximate surface area is 192 Å². The van der Waals surface area contributed by atoms with Crippen LogP contribution < -0.4 is 10.6 Å². The Bertz CT molecular complexity index is 1200. The fourth-order valence-corrected chi connectivity index (χ4v) is 3.20. The summed E-state index contributed by atoms with van der Waals surface area (Å²) in [4.78, 5) is 23.7. The molecule has 0 atom stereocenters. The second-order valence-electron chi connectivity index (χ2n) is 8.00. The van der Waals surface area contributed by atoms with Crippen molar-refractivity contribution in [3.8, 4) is 0 Å². The molecular weight excluding hydrogens is 426 g/mol. The topological polar surface area (TPSA) is 85.7 Å². The van der Waals surface area contributed by atoms with Gasteiger partial charge in [-0.05, 0) is 63.2 Å². The first-order valence-corrected chi connectivity index (χ1v) is 10.4. The molecule has 0 bridgehead atoms. The van der Waals surface area contributed by atoms with Crippen LogP contribution in [-0.4, -0.2) is 27.1 Å². The Kier molecular flexibility index (Phi) is 6.69. The number of aryl methyl sites for hydroxylation is 1. The largest absolute Gasteiger partial charge is 0.443 e. The van der Waals surface area contributed by atoms with Crippen LogP contribution in [0.3, 0.4) is 0 Å². The minimum Gasteiger partial charge on any atom is -0.443 e. The van der Waals surface area contributed by atoms with Crippen LogP contribution in [0, 0.1) is 0 Å². The summed E-state index contributed by atoms with van der Waals surface area (Å²) in [6, 6.07) is 14.5. The number of nitrogens with zero attached hydrogens (tertiary/aromatic N) is 4. The van der Waals surface area contributed by atoms with Gasteiger partial charge in [0.1, 0.15) is 17.1 Å². The summed E-state index contributed by atoms with van der Waals surface area (Å²) in [5.41, 5.74) is 7.85. The van der Waals surface area contributed by atoms with Crippen LogP contribution in [0.4, 0.5) is 10.5 Å². The van der Waals surface area contributed by atoms with Gasteiger partial charge in [0, 0.05) is 18.3 Å². The molecule has 0 saturated carbocycles. The molecular formula is C24H26ClN5O2. The van der Waals surface area contributed by atoms with E-state index in [1.807, 2.05) is 35.9 Å². The van der Waals surface area contributed by atoms with Crippen LogP contribution in [0.5, 0.6) is 0 Å². The van der Waals surface area contributed by atoms with E-state index >= 15 is 0 Å². The summed E-state index contributed by atoms with van der Waals surface area (Å²) in [5, 5.41) is 0.539. The molecule has 8 heteroatoms. The van der Waals surface area contributed by atoms with Crippen LogP contribution in [0.25, 0.3) is 16.7 Å². The molecule has 2 N–H and O–H groups in total. The standard InChI is InChI=1S/C24H26ClN5O2/c1-6-21(27-19(15-26)22-28-18-9-7-8-10-20(18)29(22)5)30(23(31)32-24(2,3)4)17-13-11-16(25)12-14-17/h6-15H,1,26H2,2-5H3/b19-15-,27-21?. The Morgan fingerprint density at radius 2 is 1.88 bits per heavy atom. The number of hydrogen-bond donors (Lipinski definition) is 1. The SMILES string of the molecule is C=CC(=N/C(=C\N)c1nc2ccccc2n1C)N(C(=O)OC(C)(C)C)c1ccc(Cl)cc1. The molecule has 1 heterocycles. The normalized spacial score (nSPS) is 12.7. The van der Waals surface area contributed by atoms with E-state index in [1.54, 1.807) is 45.0 Å². The van der Waals surface area contributed by atoms with Gasteiger partial charge in [-0.2, -0.15) is 0 Å². The van der Waals surface area contributed by atoms with Crippen molar-refractivity contribution in [3.05, 3.63) is 78.2 Å². The van der Waals surface area contributed by atoms with Gasteiger partial charge in [0.15, 0.2) is 5.82 Å². The van der Waals surface area contributed by atoms with Gasteiger partial charge in [-0.3, -0.25) is 0 Å². The van der Waals surface area contributed by atoms with Crippen LogP contribution in [0.2, 0.25) is 5.02 Å². The number of carbonyl (C=O) groups is 1. The predicted octanol–water partition coefficient (Wildman–Crippen LogP) is 5.51. The highest BCUT2D eigenvalue weighted by molar-refractivity contribution is 6.30. The van der Waals surface area contributed by atoms with E-state index in [0.717, 1.165) is 11.0 Å². The smallest absolute Gasteiger partial charge is 0.420 e. The van der Waals surface area contributed by atoms with Crippen LogP contribution in [0.15, 0.2) is 72.4 Å². The summed E-state index contributed by atoms with van der Waals surface area (Å²) in [5.74, 6) is 0.777. The van der Waals surface area contributed by atoms with Crippen molar-refractivity contribution >= 4 is 45.9 Å². The van der Waals surface area contributed by atoms with Gasteiger partial charge < -0.3 is 15.0 Å². The molecule has 0 aliphatic carbocycles. The average molecular weight is 452 g/mol. The van der Waals surface area contributed by atoms with Crippen molar-refractivity contribution in [2.75, 3.05) is 4.90 Å². The predicted molar refractivity (Wildman–Crippen MR) is 131 cm³/mol. The van der Waals surface area contributed by atoms with E-state index in [4.69, 9.17) is 22.1 Å². The lowest BCUT2D eigenvalue weighted by molar-refractivity contribution is 0.0604. The highest BCUT2D eigenvalue weighted by Crippen LogP contribution is 2.25. The summed E-state index contributed by atoms with van der Waals surface area (Å²) in [6.07, 6.45) is 2.20. The molecule has 0 unspecified atom stereocenters. The number of para-hydroxylation sites is 2. The minimum atomic E-state index is -0.710. The number of fused-ring (bicyclic) bond motifs is 1. The minimum absolute atomic E-state index is 0.227. The number of imidazole rings is 1. The number of ether oxygens (including phenoxy) is 1. The van der Waals surface area contributed by atoms with E-state index in [2.05, 4.69) is 16.6 Å². The quantitative estimate of drug-likeness (QED) is 0.418. The van der Waals surface area contributed by atoms with Crippen molar-refractivity contribution < 1.29 is 9.53 Å². The zero-order valence-electron chi connectivity index (χ0n) is 18.5. The molecule has 1 amide bonds. The Hall–Kier alpha value is -3.58. The number of anilines is 1. The summed E-state index contributed by atoms with van der Waals surface area (Å²) in [7, 11) is 1.88. The van der Waals surface area contributed by atoms with Gasteiger partial charge in [-0.25, -0.2) is 19.7 Å². The van der Waals surface area contributed by atoms with E-state index in [-0.39, 0.29) is 5.84 Å². The van der Waals surface area contributed by atoms with Crippen LogP contribution in [-0.2, 0) is 11.8 Å². The highest BCUT2D eigenvalue weighted by Gasteiger charge is 2.27. The molecule has 32 heavy (non-hydrogen) atoms. The first-order chi connectivity index (χ1) is 15.1. The highest BCUT2D eigenvalue weighted by atomic mass is 35.5. The maximum atomic E-state index is 13.1. The number of hydrogen-bond acceptors (Lipinski definition) is 5. The maximum absolute atomic E-state index is 13.1. The van der Waals surface area contributed by atoms with Crippen molar-refractivity contribution in [2.45, 2.75) is 26.4 Å². The second kappa shape index (κ2) is 9.28. The van der Waals surface area contributed by atoms with E-state index in [9.17, 15) is 4.79 Å². The number of amidine groups is 1. The lowest BCUT2D eigenvalue weighted by Crippen LogP contribution is -2.40. The lowest BCUT2D eigenvalue weighted by Gasteiger charge is -2.27. The van der Waals surface area contributed by atoms with Crippen LogP contribution >= 0.6 is 11.6 Å². The Morgan fingerprint density at radius 3 is 2.44 bits per heavy atom. The molecule has 0 radical (unpaired) electrons. The first-order valence-electron chi connectivity index (χ1n) is 9.98. The third-order valence-electron chi connectivity index (χ3n) is 4.48. The summed E-state index contributed by atoms with van der Waals surface area (Å²) < 4.78 is 7.50. The van der Waals surface area contributed by atoms with Crippen molar-refractivity contribution in [1.82, 2.24) is 9.55 Å². The molecule has 0 spiro atoms. The van der Waals surface area contributed by atoms with E-state index in [0.29, 0.717) is 22.2 Å². The molecule has 0 aliphatic rings. The van der Waals surface area contributed by atoms with Crippen LogP contribution in [0.1, 0.15) is 26.6 Å². The molecule has 1 aromatic heterocycles. The number of amides is 1. The number of nitrogens with two attached hydrogens (primary N) is 1.